The van der Waals surface area contributed by atoms with Crippen LogP contribution in [0.2, 0.25) is 5.02 Å². The fraction of sp³-hybridized carbons (Fsp3) is 0.571. The van der Waals surface area contributed by atoms with Gasteiger partial charge < -0.3 is 10.6 Å². The summed E-state index contributed by atoms with van der Waals surface area (Å²) >= 11 is 6.12. The zero-order chi connectivity index (χ0) is 12.7. The van der Waals surface area contributed by atoms with Gasteiger partial charge in [-0.25, -0.2) is 0 Å². The van der Waals surface area contributed by atoms with E-state index in [1.54, 1.807) is 0 Å². The SMILES string of the molecule is CCCCN(C)CCC(N)c1ccccc1Cl. The van der Waals surface area contributed by atoms with Crippen molar-refractivity contribution in [2.75, 3.05) is 20.1 Å². The van der Waals surface area contributed by atoms with Crippen LogP contribution < -0.4 is 5.73 Å². The minimum Gasteiger partial charge on any atom is -0.324 e. The normalized spacial score (nSPS) is 13.0. The topological polar surface area (TPSA) is 29.3 Å². The first-order valence-electron chi connectivity index (χ1n) is 6.33. The van der Waals surface area contributed by atoms with Gasteiger partial charge in [0.05, 0.1) is 0 Å². The van der Waals surface area contributed by atoms with E-state index in [4.69, 9.17) is 17.3 Å². The molecule has 1 atom stereocenters. The molecule has 0 aliphatic carbocycles. The van der Waals surface area contributed by atoms with E-state index in [0.29, 0.717) is 0 Å². The second kappa shape index (κ2) is 7.70. The van der Waals surface area contributed by atoms with Gasteiger partial charge in [0.1, 0.15) is 0 Å². The number of nitrogens with two attached hydrogens (primary N) is 1. The second-order valence-corrected chi connectivity index (χ2v) is 4.98. The molecule has 2 N–H and O–H groups in total. The molecule has 0 fully saturated rings. The first-order chi connectivity index (χ1) is 8.15. The summed E-state index contributed by atoms with van der Waals surface area (Å²) in [5.74, 6) is 0. The highest BCUT2D eigenvalue weighted by Crippen LogP contribution is 2.23. The van der Waals surface area contributed by atoms with Crippen molar-refractivity contribution in [1.82, 2.24) is 4.90 Å². The summed E-state index contributed by atoms with van der Waals surface area (Å²) in [6.45, 7) is 4.38. The maximum atomic E-state index is 6.16. The molecule has 0 amide bonds. The fourth-order valence-electron chi connectivity index (χ4n) is 1.83. The lowest BCUT2D eigenvalue weighted by atomic mass is 10.0. The molecule has 1 aromatic rings. The molecule has 1 unspecified atom stereocenters. The van der Waals surface area contributed by atoms with E-state index in [-0.39, 0.29) is 6.04 Å². The van der Waals surface area contributed by atoms with Gasteiger partial charge in [-0.05, 0) is 44.6 Å². The average molecular weight is 255 g/mol. The van der Waals surface area contributed by atoms with Crippen molar-refractivity contribution in [3.05, 3.63) is 34.9 Å². The molecule has 0 bridgehead atoms. The van der Waals surface area contributed by atoms with Crippen LogP contribution in [0.4, 0.5) is 0 Å². The van der Waals surface area contributed by atoms with Gasteiger partial charge in [-0.1, -0.05) is 43.1 Å². The molecule has 96 valence electrons. The van der Waals surface area contributed by atoms with E-state index < -0.39 is 0 Å². The zero-order valence-electron chi connectivity index (χ0n) is 10.8. The quantitative estimate of drug-likeness (QED) is 0.808. The maximum absolute atomic E-state index is 6.16. The lowest BCUT2D eigenvalue weighted by molar-refractivity contribution is 0.313. The van der Waals surface area contributed by atoms with Gasteiger partial charge in [-0.2, -0.15) is 0 Å². The zero-order valence-corrected chi connectivity index (χ0v) is 11.6. The largest absolute Gasteiger partial charge is 0.324 e. The molecule has 17 heavy (non-hydrogen) atoms. The monoisotopic (exact) mass is 254 g/mol. The first kappa shape index (κ1) is 14.5. The van der Waals surface area contributed by atoms with Crippen molar-refractivity contribution in [3.63, 3.8) is 0 Å². The first-order valence-corrected chi connectivity index (χ1v) is 6.71. The third-order valence-electron chi connectivity index (χ3n) is 3.02. The molecule has 0 spiro atoms. The molecule has 0 heterocycles. The lowest BCUT2D eigenvalue weighted by Crippen LogP contribution is -2.24. The smallest absolute Gasteiger partial charge is 0.0453 e. The van der Waals surface area contributed by atoms with E-state index in [9.17, 15) is 0 Å². The van der Waals surface area contributed by atoms with E-state index >= 15 is 0 Å². The van der Waals surface area contributed by atoms with Crippen LogP contribution in [0.1, 0.15) is 37.8 Å². The predicted octanol–water partition coefficient (Wildman–Crippen LogP) is 3.46. The molecular weight excluding hydrogens is 232 g/mol. The van der Waals surface area contributed by atoms with Gasteiger partial charge in [0, 0.05) is 11.1 Å². The summed E-state index contributed by atoms with van der Waals surface area (Å²) in [6, 6.07) is 7.87. The second-order valence-electron chi connectivity index (χ2n) is 4.57. The highest BCUT2D eigenvalue weighted by Gasteiger charge is 2.10. The number of hydrogen-bond acceptors (Lipinski definition) is 2. The van der Waals surface area contributed by atoms with Crippen LogP contribution in [-0.4, -0.2) is 25.0 Å². The Morgan fingerprint density at radius 2 is 2.00 bits per heavy atom. The number of halogens is 1. The highest BCUT2D eigenvalue weighted by atomic mass is 35.5. The van der Waals surface area contributed by atoms with Crippen molar-refractivity contribution >= 4 is 11.6 Å². The molecule has 0 radical (unpaired) electrons. The number of benzene rings is 1. The number of unbranched alkanes of at least 4 members (excludes halogenated alkanes) is 1. The van der Waals surface area contributed by atoms with Crippen molar-refractivity contribution in [2.24, 2.45) is 5.73 Å². The fourth-order valence-corrected chi connectivity index (χ4v) is 2.11. The van der Waals surface area contributed by atoms with Crippen LogP contribution in [-0.2, 0) is 0 Å². The number of nitrogens with zero attached hydrogens (tertiary/aromatic N) is 1. The third-order valence-corrected chi connectivity index (χ3v) is 3.36. The van der Waals surface area contributed by atoms with Crippen molar-refractivity contribution in [2.45, 2.75) is 32.2 Å². The molecular formula is C14H23ClN2. The summed E-state index contributed by atoms with van der Waals surface area (Å²) < 4.78 is 0. The Bertz CT molecular complexity index is 328. The highest BCUT2D eigenvalue weighted by molar-refractivity contribution is 6.31. The van der Waals surface area contributed by atoms with Gasteiger partial charge in [0.15, 0.2) is 0 Å². The Hall–Kier alpha value is -0.570. The minimum atomic E-state index is 0.0350. The van der Waals surface area contributed by atoms with Gasteiger partial charge in [-0.3, -0.25) is 0 Å². The van der Waals surface area contributed by atoms with Gasteiger partial charge in [0.25, 0.3) is 0 Å². The van der Waals surface area contributed by atoms with E-state index in [0.717, 1.165) is 30.1 Å². The van der Waals surface area contributed by atoms with E-state index in [1.165, 1.54) is 12.8 Å². The van der Waals surface area contributed by atoms with Crippen LogP contribution >= 0.6 is 11.6 Å². The van der Waals surface area contributed by atoms with Crippen LogP contribution in [0.25, 0.3) is 0 Å². The summed E-state index contributed by atoms with van der Waals surface area (Å²) in [7, 11) is 2.15. The predicted molar refractivity (Wildman–Crippen MR) is 75.4 cm³/mol. The Morgan fingerprint density at radius 1 is 1.29 bits per heavy atom. The van der Waals surface area contributed by atoms with E-state index in [1.807, 2.05) is 24.3 Å². The Labute approximate surface area is 110 Å². The summed E-state index contributed by atoms with van der Waals surface area (Å²) in [5, 5.41) is 0.774. The molecule has 0 saturated heterocycles. The molecule has 3 heteroatoms. The van der Waals surface area contributed by atoms with Crippen LogP contribution in [0.3, 0.4) is 0 Å². The third kappa shape index (κ3) is 5.07. The molecule has 1 aromatic carbocycles. The molecule has 0 aliphatic heterocycles. The van der Waals surface area contributed by atoms with Gasteiger partial charge >= 0.3 is 0 Å². The van der Waals surface area contributed by atoms with Crippen molar-refractivity contribution in [1.29, 1.82) is 0 Å². The summed E-state index contributed by atoms with van der Waals surface area (Å²) in [6.07, 6.45) is 3.43. The lowest BCUT2D eigenvalue weighted by Gasteiger charge is -2.19. The standard InChI is InChI=1S/C14H23ClN2/c1-3-4-10-17(2)11-9-14(16)12-7-5-6-8-13(12)15/h5-8,14H,3-4,9-11,16H2,1-2H3. The average Bonchev–Trinajstić information content (AvgIpc) is 2.34. The Morgan fingerprint density at radius 3 is 2.65 bits per heavy atom. The molecule has 0 saturated carbocycles. The maximum Gasteiger partial charge on any atom is 0.0453 e. The van der Waals surface area contributed by atoms with Gasteiger partial charge in [-0.15, -0.1) is 0 Å². The van der Waals surface area contributed by atoms with Gasteiger partial charge in [0.2, 0.25) is 0 Å². The van der Waals surface area contributed by atoms with E-state index in [2.05, 4.69) is 18.9 Å². The van der Waals surface area contributed by atoms with Crippen LogP contribution in [0, 0.1) is 0 Å². The molecule has 1 rings (SSSR count). The molecule has 0 aliphatic rings. The van der Waals surface area contributed by atoms with Crippen molar-refractivity contribution < 1.29 is 0 Å². The Kier molecular flexibility index (Phi) is 6.56. The van der Waals surface area contributed by atoms with Crippen LogP contribution in [0.5, 0.6) is 0 Å². The number of rotatable bonds is 7. The molecule has 2 nitrogen and oxygen atoms in total. The summed E-state index contributed by atoms with van der Waals surface area (Å²) in [4.78, 5) is 2.33. The Balaban J connectivity index is 2.39. The minimum absolute atomic E-state index is 0.0350. The summed E-state index contributed by atoms with van der Waals surface area (Å²) in [5.41, 5.74) is 7.22. The van der Waals surface area contributed by atoms with Crippen LogP contribution in [0.15, 0.2) is 24.3 Å². The number of hydrogen-bond donors (Lipinski definition) is 1. The molecule has 0 aromatic heterocycles. The van der Waals surface area contributed by atoms with Crippen molar-refractivity contribution in [3.8, 4) is 0 Å².